The van der Waals surface area contributed by atoms with Crippen LogP contribution in [0.25, 0.3) is 0 Å². The van der Waals surface area contributed by atoms with Crippen molar-refractivity contribution >= 4 is 6.09 Å². The van der Waals surface area contributed by atoms with Gasteiger partial charge in [0.15, 0.2) is 0 Å². The highest BCUT2D eigenvalue weighted by molar-refractivity contribution is 5.65. The van der Waals surface area contributed by atoms with Crippen molar-refractivity contribution in [2.24, 2.45) is 0 Å². The SMILES string of the molecule is O=C(O)N(Cc1ccccc1)[C@H]1CC[C@H](c2n[nH]c(=O)o2)CC1. The van der Waals surface area contributed by atoms with E-state index in [2.05, 4.69) is 10.2 Å². The number of hydrogen-bond donors (Lipinski definition) is 2. The van der Waals surface area contributed by atoms with Gasteiger partial charge in [-0.25, -0.2) is 14.7 Å². The molecule has 0 atom stereocenters. The van der Waals surface area contributed by atoms with Crippen LogP contribution < -0.4 is 5.76 Å². The van der Waals surface area contributed by atoms with Crippen molar-refractivity contribution in [3.8, 4) is 0 Å². The lowest BCUT2D eigenvalue weighted by Gasteiger charge is -2.34. The average molecular weight is 317 g/mol. The van der Waals surface area contributed by atoms with Crippen LogP contribution in [0, 0.1) is 0 Å². The molecule has 0 bridgehead atoms. The van der Waals surface area contributed by atoms with E-state index in [1.165, 1.54) is 4.90 Å². The monoisotopic (exact) mass is 317 g/mol. The molecule has 7 heteroatoms. The molecule has 1 aromatic carbocycles. The van der Waals surface area contributed by atoms with Crippen LogP contribution in [0.2, 0.25) is 0 Å². The Kier molecular flexibility index (Phi) is 4.45. The highest BCUT2D eigenvalue weighted by Gasteiger charge is 2.31. The molecule has 7 nitrogen and oxygen atoms in total. The Morgan fingerprint density at radius 1 is 1.26 bits per heavy atom. The first-order valence-corrected chi connectivity index (χ1v) is 7.72. The van der Waals surface area contributed by atoms with Crippen molar-refractivity contribution in [1.82, 2.24) is 15.1 Å². The number of hydrogen-bond acceptors (Lipinski definition) is 4. The minimum absolute atomic E-state index is 0.0189. The number of H-pyrrole nitrogens is 1. The maximum atomic E-state index is 11.6. The zero-order chi connectivity index (χ0) is 16.2. The van der Waals surface area contributed by atoms with Gasteiger partial charge in [0.25, 0.3) is 0 Å². The molecule has 1 fully saturated rings. The average Bonchev–Trinajstić information content (AvgIpc) is 3.00. The molecule has 1 aliphatic rings. The number of carbonyl (C=O) groups is 1. The lowest BCUT2D eigenvalue weighted by molar-refractivity contribution is 0.103. The number of nitrogens with zero attached hydrogens (tertiary/aromatic N) is 2. The molecular formula is C16H19N3O4. The van der Waals surface area contributed by atoms with E-state index in [4.69, 9.17) is 4.42 Å². The fourth-order valence-electron chi connectivity index (χ4n) is 3.18. The molecular weight excluding hydrogens is 298 g/mol. The van der Waals surface area contributed by atoms with Gasteiger partial charge in [-0.3, -0.25) is 0 Å². The molecule has 1 heterocycles. The second-order valence-electron chi connectivity index (χ2n) is 5.85. The standard InChI is InChI=1S/C16H19N3O4/c20-15-18-17-14(23-15)12-6-8-13(9-7-12)19(16(21)22)10-11-4-2-1-3-5-11/h1-5,12-13H,6-10H2,(H,18,20)(H,21,22)/t12-,13-. The molecule has 1 amide bonds. The highest BCUT2D eigenvalue weighted by atomic mass is 16.4. The highest BCUT2D eigenvalue weighted by Crippen LogP contribution is 2.34. The summed E-state index contributed by atoms with van der Waals surface area (Å²) in [6.45, 7) is 0.392. The lowest BCUT2D eigenvalue weighted by atomic mass is 9.85. The summed E-state index contributed by atoms with van der Waals surface area (Å²) < 4.78 is 5.01. The van der Waals surface area contributed by atoms with E-state index in [1.807, 2.05) is 30.3 Å². The van der Waals surface area contributed by atoms with Gasteiger partial charge >= 0.3 is 11.8 Å². The van der Waals surface area contributed by atoms with Gasteiger partial charge in [-0.15, -0.1) is 5.10 Å². The van der Waals surface area contributed by atoms with E-state index in [-0.39, 0.29) is 12.0 Å². The Morgan fingerprint density at radius 3 is 2.52 bits per heavy atom. The number of benzene rings is 1. The second-order valence-corrected chi connectivity index (χ2v) is 5.85. The van der Waals surface area contributed by atoms with Crippen molar-refractivity contribution in [1.29, 1.82) is 0 Å². The number of carboxylic acid groups (broad SMARTS) is 1. The van der Waals surface area contributed by atoms with Gasteiger partial charge in [0.1, 0.15) is 0 Å². The first-order valence-electron chi connectivity index (χ1n) is 7.72. The fourth-order valence-corrected chi connectivity index (χ4v) is 3.18. The maximum absolute atomic E-state index is 11.6. The molecule has 2 aromatic rings. The van der Waals surface area contributed by atoms with Crippen LogP contribution in [0.4, 0.5) is 4.79 Å². The number of nitrogens with one attached hydrogen (secondary N) is 1. The molecule has 23 heavy (non-hydrogen) atoms. The number of aromatic amines is 1. The molecule has 0 aliphatic heterocycles. The Morgan fingerprint density at radius 2 is 1.96 bits per heavy atom. The Hall–Kier alpha value is -2.57. The van der Waals surface area contributed by atoms with Crippen LogP contribution >= 0.6 is 0 Å². The third kappa shape index (κ3) is 3.61. The molecule has 0 unspecified atom stereocenters. The van der Waals surface area contributed by atoms with Crippen LogP contribution in [0.15, 0.2) is 39.5 Å². The van der Waals surface area contributed by atoms with E-state index >= 15 is 0 Å². The van der Waals surface area contributed by atoms with Gasteiger partial charge in [-0.05, 0) is 31.2 Å². The van der Waals surface area contributed by atoms with Crippen molar-refractivity contribution < 1.29 is 14.3 Å². The van der Waals surface area contributed by atoms with Gasteiger partial charge in [0, 0.05) is 18.5 Å². The summed E-state index contributed by atoms with van der Waals surface area (Å²) >= 11 is 0. The van der Waals surface area contributed by atoms with Gasteiger partial charge in [0.05, 0.1) is 0 Å². The summed E-state index contributed by atoms with van der Waals surface area (Å²) in [5, 5.41) is 15.7. The molecule has 2 N–H and O–H groups in total. The van der Waals surface area contributed by atoms with Crippen molar-refractivity contribution in [2.75, 3.05) is 0 Å². The minimum Gasteiger partial charge on any atom is -0.465 e. The molecule has 0 radical (unpaired) electrons. The van der Waals surface area contributed by atoms with Crippen LogP contribution in [-0.4, -0.2) is 32.3 Å². The largest absolute Gasteiger partial charge is 0.465 e. The Labute approximate surface area is 132 Å². The molecule has 1 aliphatic carbocycles. The predicted octanol–water partition coefficient (Wildman–Crippen LogP) is 2.57. The third-order valence-corrected chi connectivity index (χ3v) is 4.38. The Balaban J connectivity index is 1.64. The van der Waals surface area contributed by atoms with Crippen LogP contribution in [-0.2, 0) is 6.54 Å². The summed E-state index contributed by atoms with van der Waals surface area (Å²) in [7, 11) is 0. The van der Waals surface area contributed by atoms with E-state index in [1.54, 1.807) is 0 Å². The Bertz CT molecular complexity index is 701. The van der Waals surface area contributed by atoms with Gasteiger partial charge in [0.2, 0.25) is 5.89 Å². The fraction of sp³-hybridized carbons (Fsp3) is 0.438. The van der Waals surface area contributed by atoms with Gasteiger partial charge in [-0.1, -0.05) is 30.3 Å². The third-order valence-electron chi connectivity index (χ3n) is 4.38. The van der Waals surface area contributed by atoms with Gasteiger partial charge < -0.3 is 14.4 Å². The van der Waals surface area contributed by atoms with E-state index in [9.17, 15) is 14.7 Å². The predicted molar refractivity (Wildman–Crippen MR) is 82.1 cm³/mol. The first kappa shape index (κ1) is 15.3. The molecule has 3 rings (SSSR count). The molecule has 0 spiro atoms. The maximum Gasteiger partial charge on any atom is 0.434 e. The topological polar surface area (TPSA) is 99.4 Å². The van der Waals surface area contributed by atoms with E-state index in [0.29, 0.717) is 12.4 Å². The molecule has 122 valence electrons. The van der Waals surface area contributed by atoms with Crippen LogP contribution in [0.1, 0.15) is 43.1 Å². The summed E-state index contributed by atoms with van der Waals surface area (Å²) in [6.07, 6.45) is 2.10. The van der Waals surface area contributed by atoms with Crippen molar-refractivity contribution in [2.45, 2.75) is 44.2 Å². The zero-order valence-electron chi connectivity index (χ0n) is 12.6. The lowest BCUT2D eigenvalue weighted by Crippen LogP contribution is -2.40. The van der Waals surface area contributed by atoms with Crippen molar-refractivity contribution in [3.05, 3.63) is 52.3 Å². The van der Waals surface area contributed by atoms with Crippen LogP contribution in [0.5, 0.6) is 0 Å². The smallest absolute Gasteiger partial charge is 0.434 e. The zero-order valence-corrected chi connectivity index (χ0v) is 12.6. The normalized spacial score (nSPS) is 21.0. The quantitative estimate of drug-likeness (QED) is 0.903. The number of aromatic nitrogens is 2. The number of rotatable bonds is 4. The molecule has 0 saturated heterocycles. The summed E-state index contributed by atoms with van der Waals surface area (Å²) in [5.41, 5.74) is 0.982. The minimum atomic E-state index is -0.899. The van der Waals surface area contributed by atoms with E-state index in [0.717, 1.165) is 31.2 Å². The van der Waals surface area contributed by atoms with Crippen LogP contribution in [0.3, 0.4) is 0 Å². The second kappa shape index (κ2) is 6.68. The molecule has 1 saturated carbocycles. The summed E-state index contributed by atoms with van der Waals surface area (Å²) in [5.74, 6) is -0.0330. The van der Waals surface area contributed by atoms with E-state index < -0.39 is 11.8 Å². The summed E-state index contributed by atoms with van der Waals surface area (Å²) in [4.78, 5) is 24.1. The molecule has 1 aromatic heterocycles. The van der Waals surface area contributed by atoms with Crippen molar-refractivity contribution in [3.63, 3.8) is 0 Å². The number of amides is 1. The van der Waals surface area contributed by atoms with Gasteiger partial charge in [-0.2, -0.15) is 0 Å². The summed E-state index contributed by atoms with van der Waals surface area (Å²) in [6, 6.07) is 9.57. The first-order chi connectivity index (χ1) is 11.1.